The van der Waals surface area contributed by atoms with Crippen LogP contribution >= 0.6 is 11.3 Å². The molecule has 42 heavy (non-hydrogen) atoms. The first-order valence-electron chi connectivity index (χ1n) is 14.3. The average Bonchev–Trinajstić information content (AvgIpc) is 3.44. The van der Waals surface area contributed by atoms with Gasteiger partial charge in [0.1, 0.15) is 34.5 Å². The molecule has 1 saturated carbocycles. The first-order chi connectivity index (χ1) is 20.0. The van der Waals surface area contributed by atoms with E-state index in [0.717, 1.165) is 24.8 Å². The molecule has 0 unspecified atom stereocenters. The monoisotopic (exact) mass is 600 g/mol. The number of hydrogen-bond acceptors (Lipinski definition) is 8. The molecule has 3 atom stereocenters. The fourth-order valence-corrected chi connectivity index (χ4v) is 6.41. The van der Waals surface area contributed by atoms with Gasteiger partial charge >= 0.3 is 0 Å². The van der Waals surface area contributed by atoms with Gasteiger partial charge in [-0.15, -0.1) is 11.3 Å². The maximum atomic E-state index is 14.6. The molecule has 5 rings (SSSR count). The van der Waals surface area contributed by atoms with Crippen LogP contribution in [0.4, 0.5) is 8.78 Å². The molecule has 1 spiro atoms. The number of alkyl halides is 1. The number of amides is 1. The molecule has 3 heterocycles. The molecular formula is C31H38F2N4O4S. The van der Waals surface area contributed by atoms with Crippen molar-refractivity contribution in [1.82, 2.24) is 20.6 Å². The van der Waals surface area contributed by atoms with E-state index in [-0.39, 0.29) is 43.5 Å². The molecule has 0 bridgehead atoms. The van der Waals surface area contributed by atoms with Gasteiger partial charge in [-0.1, -0.05) is 0 Å². The molecule has 1 aromatic carbocycles. The maximum Gasteiger partial charge on any atom is 0.246 e. The zero-order chi connectivity index (χ0) is 29.9. The summed E-state index contributed by atoms with van der Waals surface area (Å²) in [5.74, 6) is -0.127. The molecule has 2 aromatic heterocycles. The molecule has 8 nitrogen and oxygen atoms in total. The van der Waals surface area contributed by atoms with Gasteiger partial charge < -0.3 is 25.2 Å². The van der Waals surface area contributed by atoms with Gasteiger partial charge in [-0.05, 0) is 69.4 Å². The van der Waals surface area contributed by atoms with Crippen LogP contribution in [0.25, 0.3) is 10.6 Å². The molecule has 1 aliphatic heterocycles. The number of rotatable bonds is 12. The van der Waals surface area contributed by atoms with Crippen LogP contribution in [0.2, 0.25) is 0 Å². The van der Waals surface area contributed by atoms with Gasteiger partial charge in [-0.25, -0.2) is 13.8 Å². The number of methoxy groups -OCH3 is 1. The van der Waals surface area contributed by atoms with E-state index in [4.69, 9.17) is 9.47 Å². The van der Waals surface area contributed by atoms with Gasteiger partial charge in [-0.2, -0.15) is 0 Å². The summed E-state index contributed by atoms with van der Waals surface area (Å²) in [6, 6.07) is 5.66. The van der Waals surface area contributed by atoms with Crippen LogP contribution in [-0.2, 0) is 22.4 Å². The number of halogens is 2. The van der Waals surface area contributed by atoms with Crippen LogP contribution in [0.1, 0.15) is 62.4 Å². The van der Waals surface area contributed by atoms with Crippen molar-refractivity contribution in [3.63, 3.8) is 0 Å². The van der Waals surface area contributed by atoms with Gasteiger partial charge in [0, 0.05) is 60.9 Å². The van der Waals surface area contributed by atoms with Crippen molar-refractivity contribution < 1.29 is 28.2 Å². The van der Waals surface area contributed by atoms with E-state index < -0.39 is 23.6 Å². The number of fused-ring (bicyclic) bond motifs is 1. The highest BCUT2D eigenvalue weighted by Gasteiger charge is 2.46. The van der Waals surface area contributed by atoms with Gasteiger partial charge in [0.2, 0.25) is 5.91 Å². The highest BCUT2D eigenvalue weighted by Crippen LogP contribution is 2.48. The fraction of sp³-hybridized carbons (Fsp3) is 0.516. The summed E-state index contributed by atoms with van der Waals surface area (Å²) in [4.78, 5) is 21.2. The third-order valence-corrected chi connectivity index (χ3v) is 8.67. The van der Waals surface area contributed by atoms with Crippen LogP contribution in [-0.4, -0.2) is 64.7 Å². The van der Waals surface area contributed by atoms with Crippen molar-refractivity contribution in [3.05, 3.63) is 64.7 Å². The Morgan fingerprint density at radius 1 is 1.29 bits per heavy atom. The summed E-state index contributed by atoms with van der Waals surface area (Å²) in [7, 11) is 1.42. The molecule has 3 aromatic rings. The number of ether oxygens (including phenoxy) is 2. The molecule has 226 valence electrons. The van der Waals surface area contributed by atoms with E-state index in [1.807, 2.05) is 17.5 Å². The number of pyridine rings is 1. The fourth-order valence-electron chi connectivity index (χ4n) is 5.78. The Balaban J connectivity index is 1.35. The van der Waals surface area contributed by atoms with E-state index in [1.54, 1.807) is 12.4 Å². The van der Waals surface area contributed by atoms with Crippen LogP contribution in [0.3, 0.4) is 0 Å². The van der Waals surface area contributed by atoms with E-state index in [0.29, 0.717) is 34.0 Å². The molecule has 1 aliphatic carbocycles. The van der Waals surface area contributed by atoms with E-state index in [1.165, 1.54) is 44.4 Å². The van der Waals surface area contributed by atoms with Gasteiger partial charge in [0.25, 0.3) is 0 Å². The lowest BCUT2D eigenvalue weighted by Gasteiger charge is -2.48. The molecule has 1 fully saturated rings. The predicted octanol–water partition coefficient (Wildman–Crippen LogP) is 4.71. The van der Waals surface area contributed by atoms with Crippen LogP contribution in [0, 0.1) is 5.82 Å². The summed E-state index contributed by atoms with van der Waals surface area (Å²) in [5, 5.41) is 20.2. The van der Waals surface area contributed by atoms with Gasteiger partial charge in [-0.3, -0.25) is 9.78 Å². The van der Waals surface area contributed by atoms with Crippen molar-refractivity contribution in [3.8, 4) is 16.3 Å². The van der Waals surface area contributed by atoms with Gasteiger partial charge in [0.05, 0.1) is 18.3 Å². The van der Waals surface area contributed by atoms with E-state index in [9.17, 15) is 18.7 Å². The van der Waals surface area contributed by atoms with Crippen LogP contribution in [0.5, 0.6) is 5.75 Å². The van der Waals surface area contributed by atoms with Crippen molar-refractivity contribution in [1.29, 1.82) is 0 Å². The standard InChI is InChI=1S/C31H38F2N4O4S/c1-30(2,33)14-22-13-23-25(15-31(5-4-6-31)41-27(23)17-35-22)36-16-26(38)24(37-28(39)18-40-3)11-19-9-20(12-21(32)10-19)29-34-7-8-42-29/h7-10,12-13,17,24-26,36,38H,4-6,11,14-16,18H2,1-3H3,(H,37,39)/t24-,25-,26-/m0/s1. The number of benzene rings is 1. The third kappa shape index (κ3) is 7.50. The number of aliphatic hydroxyl groups excluding tert-OH is 1. The lowest BCUT2D eigenvalue weighted by molar-refractivity contribution is -0.126. The topological polar surface area (TPSA) is 106 Å². The highest BCUT2D eigenvalue weighted by molar-refractivity contribution is 7.13. The molecular weight excluding hydrogens is 562 g/mol. The molecule has 0 radical (unpaired) electrons. The second-order valence-corrected chi connectivity index (χ2v) is 12.9. The maximum absolute atomic E-state index is 14.6. The Bertz CT molecular complexity index is 1380. The SMILES string of the molecule is COCC(=O)N[C@@H](Cc1cc(F)cc(-c2nccs2)c1)[C@@H](O)CN[C@H]1CC2(CCC2)Oc2cnc(CC(C)(C)F)cc21. The minimum absolute atomic E-state index is 0.152. The number of aliphatic hydroxyl groups is 1. The van der Waals surface area contributed by atoms with Crippen molar-refractivity contribution in [2.24, 2.45) is 0 Å². The van der Waals surface area contributed by atoms with Crippen LogP contribution in [0.15, 0.2) is 42.0 Å². The number of nitrogens with one attached hydrogen (secondary N) is 2. The first-order valence-corrected chi connectivity index (χ1v) is 15.2. The zero-order valence-electron chi connectivity index (χ0n) is 24.2. The summed E-state index contributed by atoms with van der Waals surface area (Å²) < 4.78 is 40.3. The molecule has 3 N–H and O–H groups in total. The Morgan fingerprint density at radius 2 is 2.10 bits per heavy atom. The minimum atomic E-state index is -1.41. The molecule has 0 saturated heterocycles. The summed E-state index contributed by atoms with van der Waals surface area (Å²) in [6.45, 7) is 3.03. The summed E-state index contributed by atoms with van der Waals surface area (Å²) in [6.07, 6.45) is 6.35. The van der Waals surface area contributed by atoms with Gasteiger partial charge in [0.15, 0.2) is 0 Å². The Labute approximate surface area is 248 Å². The smallest absolute Gasteiger partial charge is 0.246 e. The number of thiazole rings is 1. The first kappa shape index (κ1) is 30.5. The normalized spacial score (nSPS) is 19.0. The number of carbonyl (C=O) groups excluding carboxylic acids is 1. The van der Waals surface area contributed by atoms with Crippen LogP contribution < -0.4 is 15.4 Å². The molecule has 11 heteroatoms. The largest absolute Gasteiger partial charge is 0.485 e. The van der Waals surface area contributed by atoms with Crippen molar-refractivity contribution >= 4 is 17.2 Å². The second-order valence-electron chi connectivity index (χ2n) is 12.0. The molecule has 2 aliphatic rings. The summed E-state index contributed by atoms with van der Waals surface area (Å²) in [5.41, 5.74) is 1.09. The Hall–Kier alpha value is -2.99. The van der Waals surface area contributed by atoms with E-state index in [2.05, 4.69) is 20.6 Å². The quantitative estimate of drug-likeness (QED) is 0.277. The molecule has 1 amide bonds. The lowest BCUT2D eigenvalue weighted by atomic mass is 9.73. The number of nitrogens with zero attached hydrogens (tertiary/aromatic N) is 2. The predicted molar refractivity (Wildman–Crippen MR) is 157 cm³/mol. The van der Waals surface area contributed by atoms with E-state index >= 15 is 0 Å². The average molecular weight is 601 g/mol. The highest BCUT2D eigenvalue weighted by atomic mass is 32.1. The summed E-state index contributed by atoms with van der Waals surface area (Å²) >= 11 is 1.41. The zero-order valence-corrected chi connectivity index (χ0v) is 25.0. The number of carbonyl (C=O) groups is 1. The Morgan fingerprint density at radius 3 is 2.76 bits per heavy atom. The minimum Gasteiger partial charge on any atom is -0.485 e. The van der Waals surface area contributed by atoms with Crippen molar-refractivity contribution in [2.75, 3.05) is 20.3 Å². The van der Waals surface area contributed by atoms with Crippen molar-refractivity contribution in [2.45, 2.75) is 81.8 Å². The number of aromatic nitrogens is 2. The number of hydrogen-bond donors (Lipinski definition) is 3. The second kappa shape index (κ2) is 12.7. The lowest BCUT2D eigenvalue weighted by Crippen LogP contribution is -2.52. The third-order valence-electron chi connectivity index (χ3n) is 7.85. The Kier molecular flexibility index (Phi) is 9.22.